The fourth-order valence-electron chi connectivity index (χ4n) is 2.35. The van der Waals surface area contributed by atoms with Crippen molar-refractivity contribution >= 4 is 16.7 Å². The van der Waals surface area contributed by atoms with Crippen LogP contribution < -0.4 is 5.32 Å². The van der Waals surface area contributed by atoms with Crippen LogP contribution in [0.5, 0.6) is 0 Å². The minimum Gasteiger partial charge on any atom is -0.340 e. The molecule has 3 rings (SSSR count). The maximum absolute atomic E-state index is 4.40. The van der Waals surface area contributed by atoms with E-state index in [2.05, 4.69) is 78.6 Å². The van der Waals surface area contributed by atoms with Crippen LogP contribution >= 0.6 is 0 Å². The molecule has 1 aliphatic carbocycles. The van der Waals surface area contributed by atoms with E-state index in [1.807, 2.05) is 13.8 Å². The second-order valence-corrected chi connectivity index (χ2v) is 5.53. The second-order valence-electron chi connectivity index (χ2n) is 5.53. The Labute approximate surface area is 138 Å². The summed E-state index contributed by atoms with van der Waals surface area (Å²) in [5, 5.41) is 4.46. The molecule has 1 aromatic carbocycles. The Morgan fingerprint density at radius 2 is 1.74 bits per heavy atom. The first-order chi connectivity index (χ1) is 11.1. The molecule has 1 N–H and O–H groups in total. The molecule has 120 valence electrons. The van der Waals surface area contributed by atoms with E-state index in [0.717, 1.165) is 22.4 Å². The molecule has 0 amide bonds. The van der Waals surface area contributed by atoms with E-state index >= 15 is 0 Å². The molecule has 0 saturated heterocycles. The molecule has 23 heavy (non-hydrogen) atoms. The lowest BCUT2D eigenvalue weighted by molar-refractivity contribution is 0.942. The first kappa shape index (κ1) is 16.9. The van der Waals surface area contributed by atoms with Crippen molar-refractivity contribution in [3.05, 3.63) is 65.7 Å². The first-order valence-electron chi connectivity index (χ1n) is 8.19. The Morgan fingerprint density at radius 3 is 2.52 bits per heavy atom. The predicted octanol–water partition coefficient (Wildman–Crippen LogP) is 5.33. The number of aromatic nitrogens is 2. The molecule has 0 fully saturated rings. The lowest BCUT2D eigenvalue weighted by Crippen LogP contribution is -2.01. The minimum absolute atomic E-state index is 0.451. The molecule has 3 nitrogen and oxygen atoms in total. The van der Waals surface area contributed by atoms with Gasteiger partial charge in [0.15, 0.2) is 0 Å². The summed E-state index contributed by atoms with van der Waals surface area (Å²) in [4.78, 5) is 8.77. The average molecular weight is 307 g/mol. The van der Waals surface area contributed by atoms with Crippen LogP contribution in [0.1, 0.15) is 31.9 Å². The van der Waals surface area contributed by atoms with E-state index in [4.69, 9.17) is 0 Å². The van der Waals surface area contributed by atoms with Gasteiger partial charge < -0.3 is 5.32 Å². The van der Waals surface area contributed by atoms with Gasteiger partial charge >= 0.3 is 0 Å². The van der Waals surface area contributed by atoms with Crippen LogP contribution in [0.15, 0.2) is 54.5 Å². The molecule has 1 aromatic heterocycles. The molecule has 3 heteroatoms. The number of hydrogen-bond acceptors (Lipinski definition) is 3. The van der Waals surface area contributed by atoms with Crippen LogP contribution in [0.25, 0.3) is 10.9 Å². The van der Waals surface area contributed by atoms with Gasteiger partial charge in [-0.15, -0.1) is 0 Å². The van der Waals surface area contributed by atoms with Gasteiger partial charge in [-0.2, -0.15) is 0 Å². The predicted molar refractivity (Wildman–Crippen MR) is 99.5 cm³/mol. The largest absolute Gasteiger partial charge is 0.340 e. The van der Waals surface area contributed by atoms with Gasteiger partial charge in [-0.05, 0) is 55.2 Å². The van der Waals surface area contributed by atoms with E-state index in [0.29, 0.717) is 5.92 Å². The fourth-order valence-corrected chi connectivity index (χ4v) is 2.35. The molecule has 0 bridgehead atoms. The highest BCUT2D eigenvalue weighted by Gasteiger charge is 2.07. The van der Waals surface area contributed by atoms with Gasteiger partial charge in [0.2, 0.25) is 0 Å². The Balaban J connectivity index is 0.000000924. The highest BCUT2D eigenvalue weighted by molar-refractivity contribution is 5.90. The van der Waals surface area contributed by atoms with Crippen LogP contribution in [0, 0.1) is 19.8 Å². The fraction of sp³-hybridized carbons (Fsp3) is 0.300. The summed E-state index contributed by atoms with van der Waals surface area (Å²) in [6, 6.07) is 4.25. The number of fused-ring (bicyclic) bond motifs is 1. The van der Waals surface area contributed by atoms with Gasteiger partial charge in [-0.1, -0.05) is 39.0 Å². The number of benzene rings is 1. The number of allylic oxidation sites excluding steroid dienone is 5. The van der Waals surface area contributed by atoms with Crippen molar-refractivity contribution in [1.29, 1.82) is 0 Å². The number of nitrogens with one attached hydrogen (secondary N) is 1. The van der Waals surface area contributed by atoms with Crippen molar-refractivity contribution in [3.63, 3.8) is 0 Å². The number of rotatable bonds is 2. The maximum atomic E-state index is 4.40. The lowest BCUT2D eigenvalue weighted by Gasteiger charge is -2.10. The zero-order valence-electron chi connectivity index (χ0n) is 14.6. The maximum Gasteiger partial charge on any atom is 0.141 e. The zero-order valence-corrected chi connectivity index (χ0v) is 14.6. The quantitative estimate of drug-likeness (QED) is 0.814. The lowest BCUT2D eigenvalue weighted by atomic mass is 10.1. The van der Waals surface area contributed by atoms with Crippen molar-refractivity contribution in [2.75, 3.05) is 5.32 Å². The van der Waals surface area contributed by atoms with Crippen molar-refractivity contribution in [2.24, 2.45) is 5.92 Å². The van der Waals surface area contributed by atoms with E-state index in [9.17, 15) is 0 Å². The van der Waals surface area contributed by atoms with Crippen molar-refractivity contribution in [1.82, 2.24) is 9.97 Å². The van der Waals surface area contributed by atoms with E-state index in [1.165, 1.54) is 11.1 Å². The first-order valence-corrected chi connectivity index (χ1v) is 8.19. The van der Waals surface area contributed by atoms with Crippen LogP contribution in [0.4, 0.5) is 5.82 Å². The van der Waals surface area contributed by atoms with E-state index < -0.39 is 0 Å². The summed E-state index contributed by atoms with van der Waals surface area (Å²) in [5.74, 6) is 1.30. The number of aryl methyl sites for hydroxylation is 2. The minimum atomic E-state index is 0.451. The molecule has 1 atom stereocenters. The highest BCUT2D eigenvalue weighted by Crippen LogP contribution is 2.24. The summed E-state index contributed by atoms with van der Waals surface area (Å²) in [6.07, 6.45) is 12.2. The van der Waals surface area contributed by atoms with Crippen LogP contribution in [-0.2, 0) is 0 Å². The third kappa shape index (κ3) is 4.07. The summed E-state index contributed by atoms with van der Waals surface area (Å²) in [6.45, 7) is 10.4. The summed E-state index contributed by atoms with van der Waals surface area (Å²) < 4.78 is 0. The second kappa shape index (κ2) is 7.73. The van der Waals surface area contributed by atoms with Crippen molar-refractivity contribution < 1.29 is 0 Å². The molecule has 0 saturated carbocycles. The summed E-state index contributed by atoms with van der Waals surface area (Å²) in [5.41, 5.74) is 4.50. The van der Waals surface area contributed by atoms with Gasteiger partial charge in [0.1, 0.15) is 12.1 Å². The van der Waals surface area contributed by atoms with Gasteiger partial charge in [0, 0.05) is 11.1 Å². The van der Waals surface area contributed by atoms with Gasteiger partial charge in [-0.25, -0.2) is 9.97 Å². The Morgan fingerprint density at radius 1 is 1.00 bits per heavy atom. The van der Waals surface area contributed by atoms with E-state index in [-0.39, 0.29) is 0 Å². The molecule has 1 aliphatic rings. The van der Waals surface area contributed by atoms with Crippen molar-refractivity contribution in [2.45, 2.75) is 34.6 Å². The standard InChI is InChI=1S/C18H19N3.C2H6/c1-12-5-4-6-15(8-7-12)21-18-16-9-13(2)14(3)10-17(16)19-11-20-18;1-2/h4-12H,1-3H3,(H,19,20,21);1-2H3. The molecule has 0 aliphatic heterocycles. The third-order valence-corrected chi connectivity index (χ3v) is 3.78. The molecule has 0 radical (unpaired) electrons. The molecule has 1 unspecified atom stereocenters. The van der Waals surface area contributed by atoms with Crippen LogP contribution in [-0.4, -0.2) is 9.97 Å². The number of nitrogens with zero attached hydrogens (tertiary/aromatic N) is 2. The molecular weight excluding hydrogens is 282 g/mol. The Kier molecular flexibility index (Phi) is 5.69. The number of hydrogen-bond donors (Lipinski definition) is 1. The Bertz CT molecular complexity index is 770. The molecule has 0 spiro atoms. The van der Waals surface area contributed by atoms with E-state index in [1.54, 1.807) is 6.33 Å². The van der Waals surface area contributed by atoms with Gasteiger partial charge in [0.25, 0.3) is 0 Å². The van der Waals surface area contributed by atoms with Gasteiger partial charge in [0.05, 0.1) is 5.52 Å². The van der Waals surface area contributed by atoms with Crippen LogP contribution in [0.3, 0.4) is 0 Å². The molecular formula is C20H25N3. The smallest absolute Gasteiger partial charge is 0.141 e. The van der Waals surface area contributed by atoms with Gasteiger partial charge in [-0.3, -0.25) is 0 Å². The SMILES string of the molecule is CC.Cc1cc2ncnc(NC3=CC=CC(C)C=C3)c2cc1C. The third-order valence-electron chi connectivity index (χ3n) is 3.78. The van der Waals surface area contributed by atoms with Crippen LogP contribution in [0.2, 0.25) is 0 Å². The zero-order chi connectivity index (χ0) is 16.8. The molecule has 2 aromatic rings. The average Bonchev–Trinajstić information content (AvgIpc) is 2.76. The highest BCUT2D eigenvalue weighted by atomic mass is 15.0. The molecule has 1 heterocycles. The van der Waals surface area contributed by atoms with Crippen molar-refractivity contribution in [3.8, 4) is 0 Å². The Hall–Kier alpha value is -2.42. The summed E-state index contributed by atoms with van der Waals surface area (Å²) in [7, 11) is 0. The summed E-state index contributed by atoms with van der Waals surface area (Å²) >= 11 is 0. The normalized spacial score (nSPS) is 16.4. The number of anilines is 1. The topological polar surface area (TPSA) is 37.8 Å². The monoisotopic (exact) mass is 307 g/mol.